The molecule has 0 unspecified atom stereocenters. The van der Waals surface area contributed by atoms with E-state index in [1.807, 2.05) is 13.8 Å². The molecule has 0 atom stereocenters. The van der Waals surface area contributed by atoms with Crippen molar-refractivity contribution in [3.8, 4) is 0 Å². The SMILES string of the molecule is CCCN=O.CCN. The highest BCUT2D eigenvalue weighted by Gasteiger charge is 1.66. The zero-order chi connectivity index (χ0) is 6.83. The first-order valence-corrected chi connectivity index (χ1v) is 2.82. The predicted octanol–water partition coefficient (Wildman–Crippen LogP) is 1.13. The Kier molecular flexibility index (Phi) is 21.0. The summed E-state index contributed by atoms with van der Waals surface area (Å²) in [5.74, 6) is 0. The third-order valence-corrected chi connectivity index (χ3v) is 0.315. The Morgan fingerprint density at radius 1 is 1.50 bits per heavy atom. The Bertz CT molecular complexity index is 39.4. The summed E-state index contributed by atoms with van der Waals surface area (Å²) in [6.45, 7) is 5.03. The summed E-state index contributed by atoms with van der Waals surface area (Å²) in [7, 11) is 0. The van der Waals surface area contributed by atoms with E-state index in [1.165, 1.54) is 0 Å². The molecule has 0 bridgehead atoms. The number of nitroso groups, excluding NO2 is 1. The van der Waals surface area contributed by atoms with Crippen LogP contribution in [0.15, 0.2) is 5.18 Å². The Morgan fingerprint density at radius 2 is 1.88 bits per heavy atom. The molecule has 0 aromatic carbocycles. The fourth-order valence-corrected chi connectivity index (χ4v) is 0.0913. The first-order valence-electron chi connectivity index (χ1n) is 2.82. The fraction of sp³-hybridized carbons (Fsp3) is 1.00. The second-order valence-corrected chi connectivity index (χ2v) is 1.26. The second kappa shape index (κ2) is 16.0. The molecular weight excluding hydrogens is 104 g/mol. The highest BCUT2D eigenvalue weighted by Crippen LogP contribution is 1.71. The molecule has 0 fully saturated rings. The van der Waals surface area contributed by atoms with Crippen LogP contribution in [0, 0.1) is 4.91 Å². The van der Waals surface area contributed by atoms with Crippen LogP contribution in [-0.2, 0) is 0 Å². The normalized spacial score (nSPS) is 6.88. The third-order valence-electron chi connectivity index (χ3n) is 0.315. The quantitative estimate of drug-likeness (QED) is 0.552. The minimum atomic E-state index is 0.458. The van der Waals surface area contributed by atoms with Crippen molar-refractivity contribution in [2.24, 2.45) is 10.9 Å². The summed E-state index contributed by atoms with van der Waals surface area (Å²) in [5.41, 5.74) is 4.85. The third kappa shape index (κ3) is 47.5. The van der Waals surface area contributed by atoms with Crippen LogP contribution in [0.25, 0.3) is 0 Å². The molecule has 3 nitrogen and oxygen atoms in total. The van der Waals surface area contributed by atoms with Crippen LogP contribution in [0.1, 0.15) is 20.3 Å². The summed E-state index contributed by atoms with van der Waals surface area (Å²) in [6.07, 6.45) is 0.865. The molecule has 50 valence electrons. The van der Waals surface area contributed by atoms with Crippen molar-refractivity contribution in [2.75, 3.05) is 13.1 Å². The van der Waals surface area contributed by atoms with Gasteiger partial charge in [-0.2, -0.15) is 4.91 Å². The first-order chi connectivity index (χ1) is 3.83. The topological polar surface area (TPSA) is 55.5 Å². The molecule has 0 amide bonds. The lowest BCUT2D eigenvalue weighted by atomic mass is 10.5. The molecule has 8 heavy (non-hydrogen) atoms. The van der Waals surface area contributed by atoms with E-state index < -0.39 is 0 Å². The van der Waals surface area contributed by atoms with Crippen LogP contribution in [-0.4, -0.2) is 13.1 Å². The fourth-order valence-electron chi connectivity index (χ4n) is 0.0913. The van der Waals surface area contributed by atoms with Gasteiger partial charge in [-0.05, 0) is 13.0 Å². The molecule has 0 aliphatic heterocycles. The number of rotatable bonds is 2. The van der Waals surface area contributed by atoms with Crippen molar-refractivity contribution >= 4 is 0 Å². The van der Waals surface area contributed by atoms with Crippen molar-refractivity contribution in [2.45, 2.75) is 20.3 Å². The van der Waals surface area contributed by atoms with E-state index in [-0.39, 0.29) is 0 Å². The average molecular weight is 118 g/mol. The Hall–Kier alpha value is -0.440. The molecular formula is C5H14N2O. The molecule has 0 radical (unpaired) electrons. The average Bonchev–Trinajstić information content (AvgIpc) is 1.71. The van der Waals surface area contributed by atoms with Crippen molar-refractivity contribution in [3.05, 3.63) is 4.91 Å². The Balaban J connectivity index is 0. The molecule has 0 rings (SSSR count). The summed E-state index contributed by atoms with van der Waals surface area (Å²) in [4.78, 5) is 9.15. The van der Waals surface area contributed by atoms with Gasteiger partial charge in [-0.25, -0.2) is 0 Å². The van der Waals surface area contributed by atoms with E-state index in [2.05, 4.69) is 5.18 Å². The molecule has 0 heterocycles. The minimum absolute atomic E-state index is 0.458. The lowest BCUT2D eigenvalue weighted by Crippen LogP contribution is -1.87. The minimum Gasteiger partial charge on any atom is -0.331 e. The van der Waals surface area contributed by atoms with Crippen molar-refractivity contribution in [1.82, 2.24) is 0 Å². The van der Waals surface area contributed by atoms with Gasteiger partial charge in [0.1, 0.15) is 0 Å². The number of hydrogen-bond acceptors (Lipinski definition) is 3. The van der Waals surface area contributed by atoms with Gasteiger partial charge in [-0.1, -0.05) is 19.0 Å². The van der Waals surface area contributed by atoms with E-state index >= 15 is 0 Å². The zero-order valence-electron chi connectivity index (χ0n) is 5.55. The van der Waals surface area contributed by atoms with Gasteiger partial charge in [0, 0.05) is 0 Å². The van der Waals surface area contributed by atoms with Gasteiger partial charge in [0.25, 0.3) is 0 Å². The van der Waals surface area contributed by atoms with Gasteiger partial charge in [-0.3, -0.25) is 0 Å². The van der Waals surface area contributed by atoms with Crippen LogP contribution >= 0.6 is 0 Å². The maximum atomic E-state index is 9.15. The van der Waals surface area contributed by atoms with E-state index in [1.54, 1.807) is 0 Å². The molecule has 0 aliphatic rings. The molecule has 0 saturated heterocycles. The van der Waals surface area contributed by atoms with Gasteiger partial charge in [-0.15, -0.1) is 0 Å². The molecule has 0 spiro atoms. The van der Waals surface area contributed by atoms with E-state index in [0.29, 0.717) is 6.54 Å². The van der Waals surface area contributed by atoms with Crippen LogP contribution in [0.2, 0.25) is 0 Å². The largest absolute Gasteiger partial charge is 0.331 e. The van der Waals surface area contributed by atoms with Gasteiger partial charge in [0.2, 0.25) is 0 Å². The van der Waals surface area contributed by atoms with E-state index in [9.17, 15) is 0 Å². The highest BCUT2D eigenvalue weighted by atomic mass is 16.3. The second-order valence-electron chi connectivity index (χ2n) is 1.26. The van der Waals surface area contributed by atoms with Gasteiger partial charge < -0.3 is 5.73 Å². The Labute approximate surface area is 50.2 Å². The summed E-state index contributed by atoms with van der Waals surface area (Å²) < 4.78 is 0. The molecule has 0 aliphatic carbocycles. The molecule has 3 heteroatoms. The molecule has 0 saturated carbocycles. The standard InChI is InChI=1S/C3H7NO.C2H7N/c1-2-3-4-5;1-2-3/h2-3H2,1H3;2-3H2,1H3. The van der Waals surface area contributed by atoms with Crippen LogP contribution in [0.4, 0.5) is 0 Å². The first kappa shape index (κ1) is 10.5. The zero-order valence-corrected chi connectivity index (χ0v) is 5.55. The van der Waals surface area contributed by atoms with Crippen molar-refractivity contribution < 1.29 is 0 Å². The van der Waals surface area contributed by atoms with Crippen LogP contribution < -0.4 is 5.73 Å². The monoisotopic (exact) mass is 118 g/mol. The van der Waals surface area contributed by atoms with Crippen LogP contribution in [0.5, 0.6) is 0 Å². The summed E-state index contributed by atoms with van der Waals surface area (Å²) in [5, 5.41) is 2.60. The van der Waals surface area contributed by atoms with Gasteiger partial charge in [0.05, 0.1) is 6.54 Å². The van der Waals surface area contributed by atoms with Crippen molar-refractivity contribution in [1.29, 1.82) is 0 Å². The van der Waals surface area contributed by atoms with Gasteiger partial charge >= 0.3 is 0 Å². The van der Waals surface area contributed by atoms with E-state index in [0.717, 1.165) is 13.0 Å². The maximum Gasteiger partial charge on any atom is 0.0808 e. The number of nitrogens with zero attached hydrogens (tertiary/aromatic N) is 1. The summed E-state index contributed by atoms with van der Waals surface area (Å²) in [6, 6.07) is 0. The summed E-state index contributed by atoms with van der Waals surface area (Å²) >= 11 is 0. The Morgan fingerprint density at radius 3 is 1.88 bits per heavy atom. The van der Waals surface area contributed by atoms with Crippen LogP contribution in [0.3, 0.4) is 0 Å². The lowest BCUT2D eigenvalue weighted by molar-refractivity contribution is 0.925. The number of nitrogens with two attached hydrogens (primary N) is 1. The predicted molar refractivity (Wildman–Crippen MR) is 35.7 cm³/mol. The molecule has 0 aromatic heterocycles. The lowest BCUT2D eigenvalue weighted by Gasteiger charge is -1.68. The molecule has 2 N–H and O–H groups in total. The molecule has 0 aromatic rings. The maximum absolute atomic E-state index is 9.15. The highest BCUT2D eigenvalue weighted by molar-refractivity contribution is 4.30. The number of hydrogen-bond donors (Lipinski definition) is 1. The van der Waals surface area contributed by atoms with E-state index in [4.69, 9.17) is 10.6 Å². The van der Waals surface area contributed by atoms with Gasteiger partial charge in [0.15, 0.2) is 0 Å². The van der Waals surface area contributed by atoms with Crippen molar-refractivity contribution in [3.63, 3.8) is 0 Å². The smallest absolute Gasteiger partial charge is 0.0808 e.